The number of ether oxygens (including phenoxy) is 1. The van der Waals surface area contributed by atoms with Gasteiger partial charge in [-0.3, -0.25) is 0 Å². The average Bonchev–Trinajstić information content (AvgIpc) is 2.16. The molecule has 0 aromatic rings. The topological polar surface area (TPSA) is 15.7 Å². The predicted octanol–water partition coefficient (Wildman–Crippen LogP) is 1.03. The van der Waals surface area contributed by atoms with Crippen molar-refractivity contribution in [2.45, 2.75) is 19.1 Å². The molecule has 2 unspecified atom stereocenters. The summed E-state index contributed by atoms with van der Waals surface area (Å²) in [6.07, 6.45) is 0.375. The second-order valence-electron chi connectivity index (χ2n) is 4.20. The van der Waals surface area contributed by atoms with E-state index in [9.17, 15) is 0 Å². The van der Waals surface area contributed by atoms with Gasteiger partial charge < -0.3 is 14.5 Å². The van der Waals surface area contributed by atoms with E-state index in [0.29, 0.717) is 12.1 Å². The molecule has 0 aromatic heterocycles. The van der Waals surface area contributed by atoms with Crippen LogP contribution < -0.4 is 0 Å². The van der Waals surface area contributed by atoms with E-state index < -0.39 is 0 Å². The Kier molecular flexibility index (Phi) is 5.38. The zero-order valence-electron chi connectivity index (χ0n) is 9.37. The van der Waals surface area contributed by atoms with Crippen LogP contribution in [0.2, 0.25) is 0 Å². The second-order valence-corrected chi connectivity index (χ2v) is 4.85. The van der Waals surface area contributed by atoms with Gasteiger partial charge in [-0.05, 0) is 21.0 Å². The van der Waals surface area contributed by atoms with Crippen molar-refractivity contribution in [2.75, 3.05) is 45.7 Å². The molecule has 1 aliphatic rings. The molecule has 0 aliphatic carbocycles. The molecule has 0 amide bonds. The lowest BCUT2D eigenvalue weighted by atomic mass is 10.2. The van der Waals surface area contributed by atoms with E-state index in [4.69, 9.17) is 4.74 Å². The Hall–Kier alpha value is 0.360. The summed E-state index contributed by atoms with van der Waals surface area (Å²) in [4.78, 5) is 4.68. The third-order valence-corrected chi connectivity index (χ3v) is 3.75. The van der Waals surface area contributed by atoms with Crippen LogP contribution in [0.4, 0.5) is 0 Å². The maximum Gasteiger partial charge on any atom is 0.0829 e. The van der Waals surface area contributed by atoms with Crippen molar-refractivity contribution >= 4 is 15.9 Å². The second kappa shape index (κ2) is 6.05. The molecular weight excluding hydrogens is 244 g/mol. The third kappa shape index (κ3) is 3.85. The van der Waals surface area contributed by atoms with Crippen LogP contribution in [0.5, 0.6) is 0 Å². The Morgan fingerprint density at radius 1 is 1.64 bits per heavy atom. The number of morpholine rings is 1. The third-order valence-electron chi connectivity index (χ3n) is 2.81. The van der Waals surface area contributed by atoms with E-state index >= 15 is 0 Å². The van der Waals surface area contributed by atoms with Gasteiger partial charge in [0.15, 0.2) is 0 Å². The molecule has 1 saturated heterocycles. The number of nitrogens with zero attached hydrogens (tertiary/aromatic N) is 2. The smallest absolute Gasteiger partial charge is 0.0829 e. The van der Waals surface area contributed by atoms with Crippen LogP contribution in [-0.2, 0) is 4.74 Å². The number of alkyl halides is 1. The monoisotopic (exact) mass is 264 g/mol. The minimum atomic E-state index is 0.375. The summed E-state index contributed by atoms with van der Waals surface area (Å²) in [6.45, 7) is 6.24. The lowest BCUT2D eigenvalue weighted by Gasteiger charge is -2.34. The van der Waals surface area contributed by atoms with Gasteiger partial charge in [0.1, 0.15) is 0 Å². The van der Waals surface area contributed by atoms with Crippen molar-refractivity contribution in [1.29, 1.82) is 0 Å². The molecular formula is C10H21BrN2O. The van der Waals surface area contributed by atoms with Crippen molar-refractivity contribution in [3.63, 3.8) is 0 Å². The molecule has 1 heterocycles. The quantitative estimate of drug-likeness (QED) is 0.706. The first-order valence-corrected chi connectivity index (χ1v) is 6.32. The Bertz CT molecular complexity index is 168. The molecule has 2 atom stereocenters. The average molecular weight is 265 g/mol. The highest BCUT2D eigenvalue weighted by Gasteiger charge is 2.20. The summed E-state index contributed by atoms with van der Waals surface area (Å²) in [7, 11) is 4.31. The van der Waals surface area contributed by atoms with Crippen LogP contribution in [0.15, 0.2) is 0 Å². The Labute approximate surface area is 95.5 Å². The molecule has 4 heteroatoms. The van der Waals surface area contributed by atoms with Gasteiger partial charge in [0.05, 0.1) is 12.7 Å². The van der Waals surface area contributed by atoms with Crippen LogP contribution in [0.1, 0.15) is 6.92 Å². The lowest BCUT2D eigenvalue weighted by molar-refractivity contribution is -0.0354. The van der Waals surface area contributed by atoms with Gasteiger partial charge in [0.25, 0.3) is 0 Å². The first kappa shape index (κ1) is 12.4. The molecule has 0 aromatic carbocycles. The van der Waals surface area contributed by atoms with Gasteiger partial charge in [-0.15, -0.1) is 0 Å². The predicted molar refractivity (Wildman–Crippen MR) is 63.1 cm³/mol. The van der Waals surface area contributed by atoms with Gasteiger partial charge in [-0.1, -0.05) is 15.9 Å². The first-order valence-electron chi connectivity index (χ1n) is 5.20. The molecule has 1 aliphatic heterocycles. The van der Waals surface area contributed by atoms with E-state index in [-0.39, 0.29) is 0 Å². The van der Waals surface area contributed by atoms with Crippen molar-refractivity contribution in [1.82, 2.24) is 9.80 Å². The summed E-state index contributed by atoms with van der Waals surface area (Å²) >= 11 is 3.50. The summed E-state index contributed by atoms with van der Waals surface area (Å²) in [5.74, 6) is 0. The van der Waals surface area contributed by atoms with Crippen LogP contribution in [-0.4, -0.2) is 67.6 Å². The Balaban J connectivity index is 2.28. The standard InChI is InChI=1S/C10H21BrN2O/c1-9(6-11)13(3)8-10-7-12(2)4-5-14-10/h9-10H,4-8H2,1-3H3. The number of halogens is 1. The largest absolute Gasteiger partial charge is 0.374 e. The maximum absolute atomic E-state index is 5.72. The summed E-state index contributed by atoms with van der Waals surface area (Å²) in [5, 5.41) is 1.02. The summed E-state index contributed by atoms with van der Waals surface area (Å²) in [6, 6.07) is 0.575. The fourth-order valence-corrected chi connectivity index (χ4v) is 2.09. The molecule has 0 spiro atoms. The van der Waals surface area contributed by atoms with Crippen molar-refractivity contribution in [2.24, 2.45) is 0 Å². The minimum absolute atomic E-state index is 0.375. The number of likely N-dealkylation sites (N-methyl/N-ethyl adjacent to an activating group) is 2. The molecule has 1 rings (SSSR count). The fourth-order valence-electron chi connectivity index (χ4n) is 1.60. The lowest BCUT2D eigenvalue weighted by Crippen LogP contribution is -2.47. The SMILES string of the molecule is CC(CBr)N(C)CC1CN(C)CCO1. The van der Waals surface area contributed by atoms with Crippen molar-refractivity contribution in [3.8, 4) is 0 Å². The molecule has 0 saturated carbocycles. The van der Waals surface area contributed by atoms with Crippen molar-refractivity contribution < 1.29 is 4.74 Å². The highest BCUT2D eigenvalue weighted by atomic mass is 79.9. The molecule has 0 bridgehead atoms. The van der Waals surface area contributed by atoms with E-state index in [1.807, 2.05) is 0 Å². The number of hydrogen-bond donors (Lipinski definition) is 0. The van der Waals surface area contributed by atoms with E-state index in [2.05, 4.69) is 46.7 Å². The number of hydrogen-bond acceptors (Lipinski definition) is 3. The Morgan fingerprint density at radius 3 is 2.93 bits per heavy atom. The normalized spacial score (nSPS) is 26.8. The molecule has 3 nitrogen and oxygen atoms in total. The molecule has 14 heavy (non-hydrogen) atoms. The minimum Gasteiger partial charge on any atom is -0.374 e. The van der Waals surface area contributed by atoms with Crippen molar-refractivity contribution in [3.05, 3.63) is 0 Å². The van der Waals surface area contributed by atoms with Gasteiger partial charge in [0.2, 0.25) is 0 Å². The highest BCUT2D eigenvalue weighted by Crippen LogP contribution is 2.07. The zero-order chi connectivity index (χ0) is 10.6. The van der Waals surface area contributed by atoms with E-state index in [0.717, 1.165) is 31.6 Å². The summed E-state index contributed by atoms with van der Waals surface area (Å²) in [5.41, 5.74) is 0. The molecule has 1 fully saturated rings. The molecule has 0 N–H and O–H groups in total. The van der Waals surface area contributed by atoms with Crippen LogP contribution in [0.25, 0.3) is 0 Å². The van der Waals surface area contributed by atoms with Crippen LogP contribution in [0.3, 0.4) is 0 Å². The molecule has 0 radical (unpaired) electrons. The molecule has 84 valence electrons. The van der Waals surface area contributed by atoms with Crippen LogP contribution in [0, 0.1) is 0 Å². The zero-order valence-corrected chi connectivity index (χ0v) is 11.0. The maximum atomic E-state index is 5.72. The van der Waals surface area contributed by atoms with Gasteiger partial charge in [-0.2, -0.15) is 0 Å². The first-order chi connectivity index (χ1) is 6.63. The van der Waals surface area contributed by atoms with Gasteiger partial charge in [-0.25, -0.2) is 0 Å². The Morgan fingerprint density at radius 2 is 2.36 bits per heavy atom. The summed E-state index contributed by atoms with van der Waals surface area (Å²) < 4.78 is 5.72. The van der Waals surface area contributed by atoms with E-state index in [1.165, 1.54) is 0 Å². The fraction of sp³-hybridized carbons (Fsp3) is 1.00. The van der Waals surface area contributed by atoms with E-state index in [1.54, 1.807) is 0 Å². The van der Waals surface area contributed by atoms with Gasteiger partial charge >= 0.3 is 0 Å². The highest BCUT2D eigenvalue weighted by molar-refractivity contribution is 9.09. The number of rotatable bonds is 4. The van der Waals surface area contributed by atoms with Gasteiger partial charge in [0, 0.05) is 31.0 Å². The van der Waals surface area contributed by atoms with Crippen LogP contribution >= 0.6 is 15.9 Å².